The first-order chi connectivity index (χ1) is 16.9. The molecule has 3 rings (SSSR count). The van der Waals surface area contributed by atoms with Gasteiger partial charge in [0.2, 0.25) is 11.6 Å². The van der Waals surface area contributed by atoms with Crippen LogP contribution in [0, 0.1) is 64.1 Å². The van der Waals surface area contributed by atoms with E-state index in [-0.39, 0.29) is 23.5 Å². The van der Waals surface area contributed by atoms with Crippen LogP contribution < -0.4 is 0 Å². The molecule has 0 atom stereocenters. The van der Waals surface area contributed by atoms with E-state index in [1.807, 2.05) is 0 Å². The monoisotopic (exact) mass is 521 g/mol. The Morgan fingerprint density at radius 1 is 0.611 bits per heavy atom. The highest BCUT2D eigenvalue weighted by atomic mass is 19.2. The Labute approximate surface area is 196 Å². The largest absolute Gasteiger partial charge is 0.261 e. The summed E-state index contributed by atoms with van der Waals surface area (Å²) in [5.74, 6) is -24.1. The molecule has 0 N–H and O–H groups in total. The van der Waals surface area contributed by atoms with Gasteiger partial charge in [-0.15, -0.1) is 0 Å². The first kappa shape index (κ1) is 26.8. The topological polar surface area (TPSA) is 37.6 Å². The maximum Gasteiger partial charge on any atom is 0.200 e. The molecule has 0 bridgehead atoms. The van der Waals surface area contributed by atoms with Crippen molar-refractivity contribution in [3.8, 4) is 0 Å². The van der Waals surface area contributed by atoms with Crippen LogP contribution in [-0.2, 0) is 6.42 Å². The number of nitrogens with zero attached hydrogens (tertiary/aromatic N) is 3. The minimum Gasteiger partial charge on any atom is -0.261 e. The van der Waals surface area contributed by atoms with Crippen LogP contribution in [0.4, 0.5) is 55.3 Å². The summed E-state index contributed by atoms with van der Waals surface area (Å²) in [6, 6.07) is 4.53. The highest BCUT2D eigenvalue weighted by Crippen LogP contribution is 2.32. The molecular weight excluding hydrogens is 508 g/mol. The Morgan fingerprint density at radius 3 is 1.31 bits per heavy atom. The van der Waals surface area contributed by atoms with Crippen molar-refractivity contribution in [2.45, 2.75) is 20.3 Å². The zero-order chi connectivity index (χ0) is 26.9. The molecule has 0 amide bonds. The minimum absolute atomic E-state index is 0.240. The van der Waals surface area contributed by atoms with Crippen LogP contribution in [0.1, 0.15) is 19.5 Å². The molecule has 190 valence electrons. The predicted molar refractivity (Wildman–Crippen MR) is 109 cm³/mol. The van der Waals surface area contributed by atoms with E-state index in [9.17, 15) is 43.9 Å². The summed E-state index contributed by atoms with van der Waals surface area (Å²) in [4.78, 5) is 11.0. The summed E-state index contributed by atoms with van der Waals surface area (Å²) < 4.78 is 138. The molecule has 0 radical (unpaired) electrons. The van der Waals surface area contributed by atoms with Crippen LogP contribution in [0.25, 0.3) is 0 Å². The first-order valence-corrected chi connectivity index (χ1v) is 9.89. The van der Waals surface area contributed by atoms with E-state index in [2.05, 4.69) is 15.0 Å². The van der Waals surface area contributed by atoms with Gasteiger partial charge < -0.3 is 0 Å². The number of aliphatic imine (C=N–C) groups is 2. The molecule has 0 saturated carbocycles. The second-order valence-electron chi connectivity index (χ2n) is 7.42. The van der Waals surface area contributed by atoms with Crippen molar-refractivity contribution >= 4 is 22.8 Å². The fourth-order valence-electron chi connectivity index (χ4n) is 3.22. The predicted octanol–water partition coefficient (Wildman–Crippen LogP) is 7.22. The van der Waals surface area contributed by atoms with Crippen LogP contribution >= 0.6 is 0 Å². The molecule has 0 unspecified atom stereocenters. The quantitative estimate of drug-likeness (QED) is 0.146. The number of hydrogen-bond acceptors (Lipinski definition) is 3. The zero-order valence-electron chi connectivity index (χ0n) is 18.2. The summed E-state index contributed by atoms with van der Waals surface area (Å²) in [5.41, 5.74) is -3.55. The number of rotatable bonds is 6. The van der Waals surface area contributed by atoms with Gasteiger partial charge in [-0.1, -0.05) is 6.07 Å². The Bertz CT molecular complexity index is 1240. The Hall–Kier alpha value is -3.77. The fourth-order valence-corrected chi connectivity index (χ4v) is 3.22. The van der Waals surface area contributed by atoms with Gasteiger partial charge in [0.05, 0.1) is 0 Å². The molecule has 0 aliphatic rings. The molecule has 36 heavy (non-hydrogen) atoms. The summed E-state index contributed by atoms with van der Waals surface area (Å²) in [5, 5.41) is 0. The molecule has 0 spiro atoms. The Balaban J connectivity index is 2.19. The van der Waals surface area contributed by atoms with Crippen LogP contribution in [0.2, 0.25) is 0 Å². The summed E-state index contributed by atoms with van der Waals surface area (Å²) in [6.45, 7) is 2.17. The van der Waals surface area contributed by atoms with Crippen molar-refractivity contribution in [2.24, 2.45) is 15.9 Å². The second-order valence-corrected chi connectivity index (χ2v) is 7.42. The normalized spacial score (nSPS) is 13.3. The number of pyridine rings is 1. The average Bonchev–Trinajstić information content (AvgIpc) is 2.87. The molecule has 13 heteroatoms. The average molecular weight is 521 g/mol. The van der Waals surface area contributed by atoms with Crippen molar-refractivity contribution in [3.05, 3.63) is 88.3 Å². The van der Waals surface area contributed by atoms with Gasteiger partial charge >= 0.3 is 0 Å². The molecule has 0 aliphatic carbocycles. The van der Waals surface area contributed by atoms with E-state index >= 15 is 0 Å². The van der Waals surface area contributed by atoms with Crippen LogP contribution in [-0.4, -0.2) is 16.4 Å². The van der Waals surface area contributed by atoms with Gasteiger partial charge in [0.25, 0.3) is 0 Å². The maximum atomic E-state index is 14.1. The van der Waals surface area contributed by atoms with Crippen LogP contribution in [0.5, 0.6) is 0 Å². The minimum atomic E-state index is -2.41. The molecule has 3 aromatic rings. The summed E-state index contributed by atoms with van der Waals surface area (Å²) in [7, 11) is 0. The lowest BCUT2D eigenvalue weighted by Crippen LogP contribution is -2.23. The third kappa shape index (κ3) is 4.95. The van der Waals surface area contributed by atoms with Crippen molar-refractivity contribution in [1.29, 1.82) is 0 Å². The third-order valence-electron chi connectivity index (χ3n) is 5.10. The van der Waals surface area contributed by atoms with Gasteiger partial charge in [0, 0.05) is 35.7 Å². The Kier molecular flexibility index (Phi) is 7.80. The van der Waals surface area contributed by atoms with Crippen LogP contribution in [0.3, 0.4) is 0 Å². The van der Waals surface area contributed by atoms with Gasteiger partial charge in [0.1, 0.15) is 11.4 Å². The molecule has 0 fully saturated rings. The molecule has 3 nitrogen and oxygen atoms in total. The number of hydrogen-bond donors (Lipinski definition) is 0. The number of benzene rings is 2. The molecular formula is C23H13F10N3. The Morgan fingerprint density at radius 2 is 0.972 bits per heavy atom. The summed E-state index contributed by atoms with van der Waals surface area (Å²) >= 11 is 0. The molecule has 1 aromatic heterocycles. The number of halogens is 10. The highest BCUT2D eigenvalue weighted by molar-refractivity contribution is 6.07. The SMILES string of the molecule is C/C(=N\c1c(F)c(F)c(F)c(F)c1F)C(Cc1ccccn1)/C(C)=N/c1c(F)c(F)c(F)c(F)c1F. The third-order valence-corrected chi connectivity index (χ3v) is 5.10. The fraction of sp³-hybridized carbons (Fsp3) is 0.174. The number of aromatic nitrogens is 1. The van der Waals surface area contributed by atoms with Gasteiger partial charge in [-0.3, -0.25) is 15.0 Å². The van der Waals surface area contributed by atoms with Gasteiger partial charge in [-0.25, -0.2) is 43.9 Å². The summed E-state index contributed by atoms with van der Waals surface area (Å²) in [6.07, 6.45) is 1.11. The van der Waals surface area contributed by atoms with E-state index in [1.54, 1.807) is 0 Å². The van der Waals surface area contributed by atoms with Crippen molar-refractivity contribution < 1.29 is 43.9 Å². The molecule has 0 saturated heterocycles. The van der Waals surface area contributed by atoms with Crippen LogP contribution in [0.15, 0.2) is 34.4 Å². The molecule has 1 heterocycles. The van der Waals surface area contributed by atoms with Gasteiger partial charge in [-0.2, -0.15) is 0 Å². The van der Waals surface area contributed by atoms with Gasteiger partial charge in [0.15, 0.2) is 46.5 Å². The maximum absolute atomic E-state index is 14.1. The van der Waals surface area contributed by atoms with Crippen molar-refractivity contribution in [3.63, 3.8) is 0 Å². The molecule has 0 aliphatic heterocycles. The smallest absolute Gasteiger partial charge is 0.200 e. The van der Waals surface area contributed by atoms with Gasteiger partial charge in [-0.05, 0) is 26.0 Å². The van der Waals surface area contributed by atoms with Crippen molar-refractivity contribution in [1.82, 2.24) is 4.98 Å². The van der Waals surface area contributed by atoms with Crippen molar-refractivity contribution in [2.75, 3.05) is 0 Å². The van der Waals surface area contributed by atoms with E-state index in [1.165, 1.54) is 24.4 Å². The lowest BCUT2D eigenvalue weighted by atomic mass is 9.93. The van der Waals surface area contributed by atoms with E-state index in [0.29, 0.717) is 0 Å². The molecule has 2 aromatic carbocycles. The lowest BCUT2D eigenvalue weighted by molar-refractivity contribution is 0.381. The second kappa shape index (κ2) is 10.5. The van der Waals surface area contributed by atoms with E-state index in [4.69, 9.17) is 0 Å². The lowest BCUT2D eigenvalue weighted by Gasteiger charge is -2.18. The highest BCUT2D eigenvalue weighted by Gasteiger charge is 2.29. The van der Waals surface area contributed by atoms with E-state index in [0.717, 1.165) is 13.8 Å². The van der Waals surface area contributed by atoms with E-state index < -0.39 is 75.5 Å². The first-order valence-electron chi connectivity index (χ1n) is 9.89. The standard InChI is InChI=1S/C23H13F10N3/c1-8(35-22-18(30)14(26)12(24)15(27)19(22)31)11(7-10-5-3-4-6-34-10)9(2)36-23-20(32)16(28)13(25)17(29)21(23)33/h3-6,11H,7H2,1-2H3/b35-8+,36-9+. The zero-order valence-corrected chi connectivity index (χ0v) is 18.2.